The van der Waals surface area contributed by atoms with Crippen LogP contribution in [0.2, 0.25) is 5.02 Å². The van der Waals surface area contributed by atoms with Gasteiger partial charge < -0.3 is 19.5 Å². The smallest absolute Gasteiger partial charge is 0.193 e. The third-order valence-corrected chi connectivity index (χ3v) is 5.57. The van der Waals surface area contributed by atoms with Gasteiger partial charge in [0.25, 0.3) is 0 Å². The van der Waals surface area contributed by atoms with Gasteiger partial charge in [0.05, 0.1) is 25.8 Å². The molecule has 1 aromatic carbocycles. The molecule has 7 heteroatoms. The Morgan fingerprint density at radius 1 is 1.25 bits per heavy atom. The fourth-order valence-electron chi connectivity index (χ4n) is 3.62. The molecule has 1 aliphatic rings. The summed E-state index contributed by atoms with van der Waals surface area (Å²) in [6.45, 7) is 4.82. The molecule has 1 aliphatic heterocycles. The van der Waals surface area contributed by atoms with Crippen molar-refractivity contribution >= 4 is 17.6 Å². The van der Waals surface area contributed by atoms with Gasteiger partial charge >= 0.3 is 0 Å². The van der Waals surface area contributed by atoms with Gasteiger partial charge in [0.1, 0.15) is 0 Å². The van der Waals surface area contributed by atoms with E-state index < -0.39 is 0 Å². The molecule has 0 saturated carbocycles. The van der Waals surface area contributed by atoms with Gasteiger partial charge in [0.2, 0.25) is 0 Å². The highest BCUT2D eigenvalue weighted by Crippen LogP contribution is 2.27. The molecule has 0 radical (unpaired) electrons. The minimum absolute atomic E-state index is 0.165. The van der Waals surface area contributed by atoms with Gasteiger partial charge in [-0.05, 0) is 23.8 Å². The second kappa shape index (κ2) is 9.96. The van der Waals surface area contributed by atoms with Crippen LogP contribution in [-0.4, -0.2) is 67.3 Å². The van der Waals surface area contributed by atoms with Crippen molar-refractivity contribution in [2.45, 2.75) is 12.6 Å². The molecule has 6 nitrogen and oxygen atoms in total. The number of ether oxygens (including phenoxy) is 1. The van der Waals surface area contributed by atoms with E-state index in [-0.39, 0.29) is 6.04 Å². The van der Waals surface area contributed by atoms with E-state index in [0.717, 1.165) is 55.9 Å². The maximum Gasteiger partial charge on any atom is 0.193 e. The number of aromatic nitrogens is 1. The van der Waals surface area contributed by atoms with Gasteiger partial charge in [-0.25, -0.2) is 0 Å². The first-order valence-corrected chi connectivity index (χ1v) is 10.1. The summed E-state index contributed by atoms with van der Waals surface area (Å²) >= 11 is 6.53. The fraction of sp³-hybridized carbons (Fsp3) is 0.476. The van der Waals surface area contributed by atoms with Gasteiger partial charge in [-0.15, -0.1) is 0 Å². The third kappa shape index (κ3) is 5.07. The molecule has 2 heterocycles. The van der Waals surface area contributed by atoms with Crippen LogP contribution in [0.15, 0.2) is 47.6 Å². The number of halogens is 1. The average Bonchev–Trinajstić information content (AvgIpc) is 3.11. The number of morpholine rings is 1. The molecule has 1 saturated heterocycles. The molecule has 1 fully saturated rings. The van der Waals surface area contributed by atoms with Crippen molar-refractivity contribution in [1.29, 1.82) is 0 Å². The molecule has 1 unspecified atom stereocenters. The minimum Gasteiger partial charge on any atom is -0.379 e. The lowest BCUT2D eigenvalue weighted by Crippen LogP contribution is -2.46. The van der Waals surface area contributed by atoms with Crippen LogP contribution < -0.4 is 5.32 Å². The molecule has 1 N–H and O–H groups in total. The molecule has 0 amide bonds. The fourth-order valence-corrected chi connectivity index (χ4v) is 3.88. The Hall–Kier alpha value is -2.02. The number of nitrogens with one attached hydrogen (secondary N) is 1. The van der Waals surface area contributed by atoms with Crippen LogP contribution in [0, 0.1) is 0 Å². The number of aliphatic imine (C=N–C) groups is 1. The van der Waals surface area contributed by atoms with E-state index in [1.807, 2.05) is 25.2 Å². The number of rotatable bonds is 6. The summed E-state index contributed by atoms with van der Waals surface area (Å²) in [5.74, 6) is 0.867. The zero-order valence-electron chi connectivity index (χ0n) is 16.9. The van der Waals surface area contributed by atoms with Gasteiger partial charge in [0, 0.05) is 57.7 Å². The summed E-state index contributed by atoms with van der Waals surface area (Å²) in [6, 6.07) is 12.4. The van der Waals surface area contributed by atoms with Crippen LogP contribution in [0.25, 0.3) is 0 Å². The van der Waals surface area contributed by atoms with Crippen LogP contribution >= 0.6 is 11.6 Å². The number of aryl methyl sites for hydroxylation is 1. The van der Waals surface area contributed by atoms with Crippen molar-refractivity contribution in [3.63, 3.8) is 0 Å². The van der Waals surface area contributed by atoms with E-state index in [2.05, 4.69) is 63.2 Å². The van der Waals surface area contributed by atoms with Crippen molar-refractivity contribution in [3.05, 3.63) is 58.9 Å². The maximum atomic E-state index is 6.53. The summed E-state index contributed by atoms with van der Waals surface area (Å²) in [7, 11) is 5.94. The van der Waals surface area contributed by atoms with Gasteiger partial charge in [-0.2, -0.15) is 0 Å². The number of nitrogens with zero attached hydrogens (tertiary/aromatic N) is 4. The van der Waals surface area contributed by atoms with Crippen molar-refractivity contribution in [1.82, 2.24) is 19.7 Å². The van der Waals surface area contributed by atoms with E-state index >= 15 is 0 Å². The largest absolute Gasteiger partial charge is 0.379 e. The molecule has 152 valence electrons. The highest BCUT2D eigenvalue weighted by Gasteiger charge is 2.25. The average molecular weight is 404 g/mol. The zero-order valence-corrected chi connectivity index (χ0v) is 17.7. The third-order valence-electron chi connectivity index (χ3n) is 5.23. The van der Waals surface area contributed by atoms with Crippen LogP contribution in [0.1, 0.15) is 17.3 Å². The summed E-state index contributed by atoms with van der Waals surface area (Å²) in [6.07, 6.45) is 2.06. The number of guanidine groups is 1. The van der Waals surface area contributed by atoms with Crippen molar-refractivity contribution in [3.8, 4) is 0 Å². The quantitative estimate of drug-likeness (QED) is 0.595. The Labute approximate surface area is 172 Å². The Balaban J connectivity index is 1.71. The van der Waals surface area contributed by atoms with Crippen LogP contribution in [0.3, 0.4) is 0 Å². The second-order valence-electron chi connectivity index (χ2n) is 7.08. The minimum atomic E-state index is 0.165. The molecule has 1 atom stereocenters. The normalized spacial score (nSPS) is 16.8. The lowest BCUT2D eigenvalue weighted by atomic mass is 10.0. The summed E-state index contributed by atoms with van der Waals surface area (Å²) in [5, 5.41) is 4.35. The van der Waals surface area contributed by atoms with Crippen LogP contribution in [0.5, 0.6) is 0 Å². The number of hydrogen-bond donors (Lipinski definition) is 1. The van der Waals surface area contributed by atoms with Gasteiger partial charge in [0.15, 0.2) is 5.96 Å². The second-order valence-corrected chi connectivity index (χ2v) is 7.49. The molecular formula is C21H30ClN5O. The molecule has 1 aromatic heterocycles. The molecule has 28 heavy (non-hydrogen) atoms. The van der Waals surface area contributed by atoms with E-state index in [4.69, 9.17) is 16.3 Å². The first-order chi connectivity index (χ1) is 13.6. The number of benzene rings is 1. The topological polar surface area (TPSA) is 45.0 Å². The van der Waals surface area contributed by atoms with E-state index in [9.17, 15) is 0 Å². The molecule has 0 spiro atoms. The predicted molar refractivity (Wildman–Crippen MR) is 115 cm³/mol. The van der Waals surface area contributed by atoms with Crippen molar-refractivity contribution in [2.75, 3.05) is 46.9 Å². The van der Waals surface area contributed by atoms with Crippen LogP contribution in [0.4, 0.5) is 0 Å². The summed E-state index contributed by atoms with van der Waals surface area (Å²) in [4.78, 5) is 9.05. The Morgan fingerprint density at radius 2 is 2.00 bits per heavy atom. The van der Waals surface area contributed by atoms with Crippen molar-refractivity contribution < 1.29 is 4.74 Å². The number of hydrogen-bond acceptors (Lipinski definition) is 3. The Kier molecular flexibility index (Phi) is 7.36. The molecule has 2 aromatic rings. The molecule has 0 aliphatic carbocycles. The first kappa shape index (κ1) is 20.7. The summed E-state index contributed by atoms with van der Waals surface area (Å²) in [5.41, 5.74) is 2.38. The Bertz CT molecular complexity index is 785. The SMILES string of the molecule is CN=C(NCC(c1ccccc1Cl)N1CCOCC1)N(C)Cc1cccn1C. The van der Waals surface area contributed by atoms with Crippen molar-refractivity contribution in [2.24, 2.45) is 12.0 Å². The molecular weight excluding hydrogens is 374 g/mol. The van der Waals surface area contributed by atoms with E-state index in [1.165, 1.54) is 5.69 Å². The van der Waals surface area contributed by atoms with E-state index in [1.54, 1.807) is 0 Å². The molecule has 3 rings (SSSR count). The maximum absolute atomic E-state index is 6.53. The summed E-state index contributed by atoms with van der Waals surface area (Å²) < 4.78 is 7.67. The van der Waals surface area contributed by atoms with E-state index in [0.29, 0.717) is 0 Å². The first-order valence-electron chi connectivity index (χ1n) is 9.68. The standard InChI is InChI=1S/C21H30ClN5O/c1-23-21(26(3)16-17-7-6-10-25(17)2)24-15-20(27-11-13-28-14-12-27)18-8-4-5-9-19(18)22/h4-10,20H,11-16H2,1-3H3,(H,23,24). The highest BCUT2D eigenvalue weighted by molar-refractivity contribution is 6.31. The monoisotopic (exact) mass is 403 g/mol. The zero-order chi connectivity index (χ0) is 19.9. The van der Waals surface area contributed by atoms with Crippen LogP contribution in [-0.2, 0) is 18.3 Å². The lowest BCUT2D eigenvalue weighted by molar-refractivity contribution is 0.0169. The van der Waals surface area contributed by atoms with Gasteiger partial charge in [-0.3, -0.25) is 9.89 Å². The molecule has 0 bridgehead atoms. The van der Waals surface area contributed by atoms with Gasteiger partial charge in [-0.1, -0.05) is 29.8 Å². The highest BCUT2D eigenvalue weighted by atomic mass is 35.5. The Morgan fingerprint density at radius 3 is 2.64 bits per heavy atom. The predicted octanol–water partition coefficient (Wildman–Crippen LogP) is 2.76. The lowest BCUT2D eigenvalue weighted by Gasteiger charge is -2.36.